The fourth-order valence-corrected chi connectivity index (χ4v) is 4.95. The molecule has 1 N–H and O–H groups in total. The van der Waals surface area contributed by atoms with Crippen molar-refractivity contribution in [1.29, 1.82) is 0 Å². The van der Waals surface area contributed by atoms with Crippen molar-refractivity contribution in [2.45, 2.75) is 50.0 Å². The molecule has 0 aliphatic heterocycles. The number of esters is 1. The largest absolute Gasteiger partial charge is 0.481 e. The molecule has 2 saturated carbocycles. The van der Waals surface area contributed by atoms with E-state index in [2.05, 4.69) is 0 Å². The lowest BCUT2D eigenvalue weighted by molar-refractivity contribution is -0.169. The average Bonchev–Trinajstić information content (AvgIpc) is 2.69. The number of carboxylic acid groups (broad SMARTS) is 1. The Labute approximate surface area is 165 Å². The molecule has 2 unspecified atom stereocenters. The third-order valence-corrected chi connectivity index (χ3v) is 6.31. The molecule has 2 aromatic rings. The number of carboxylic acids is 1. The first-order valence-corrected chi connectivity index (χ1v) is 10.2. The molecule has 2 fully saturated rings. The van der Waals surface area contributed by atoms with Crippen molar-refractivity contribution in [2.24, 2.45) is 11.8 Å². The second-order valence-corrected chi connectivity index (χ2v) is 7.96. The van der Waals surface area contributed by atoms with Crippen molar-refractivity contribution in [3.63, 3.8) is 0 Å². The molecule has 4 heteroatoms. The van der Waals surface area contributed by atoms with Crippen LogP contribution in [0, 0.1) is 11.8 Å². The SMILES string of the molecule is O=C(O)C1[C@@H](c2ccccc2)C(C(=O)OC2CCCCC2)[C@H]1c1ccccc1. The van der Waals surface area contributed by atoms with Crippen molar-refractivity contribution < 1.29 is 19.4 Å². The van der Waals surface area contributed by atoms with Crippen LogP contribution in [0.2, 0.25) is 0 Å². The molecule has 2 aliphatic rings. The van der Waals surface area contributed by atoms with Gasteiger partial charge in [-0.25, -0.2) is 0 Å². The van der Waals surface area contributed by atoms with Gasteiger partial charge >= 0.3 is 11.9 Å². The highest BCUT2D eigenvalue weighted by Crippen LogP contribution is 2.58. The monoisotopic (exact) mass is 378 g/mol. The fourth-order valence-electron chi connectivity index (χ4n) is 4.95. The van der Waals surface area contributed by atoms with E-state index in [0.29, 0.717) is 0 Å². The Morgan fingerprint density at radius 2 is 1.25 bits per heavy atom. The van der Waals surface area contributed by atoms with Gasteiger partial charge in [-0.05, 0) is 36.8 Å². The van der Waals surface area contributed by atoms with Crippen molar-refractivity contribution in [1.82, 2.24) is 0 Å². The van der Waals surface area contributed by atoms with Crippen LogP contribution in [-0.4, -0.2) is 23.1 Å². The van der Waals surface area contributed by atoms with Crippen molar-refractivity contribution in [3.05, 3.63) is 71.8 Å². The summed E-state index contributed by atoms with van der Waals surface area (Å²) < 4.78 is 5.89. The van der Waals surface area contributed by atoms with Crippen LogP contribution in [0.3, 0.4) is 0 Å². The van der Waals surface area contributed by atoms with Crippen LogP contribution in [0.1, 0.15) is 55.1 Å². The normalized spacial score (nSPS) is 27.6. The Morgan fingerprint density at radius 1 is 0.750 bits per heavy atom. The maximum Gasteiger partial charge on any atom is 0.310 e. The number of carbonyl (C=O) groups is 2. The van der Waals surface area contributed by atoms with Crippen LogP contribution < -0.4 is 0 Å². The van der Waals surface area contributed by atoms with Gasteiger partial charge in [-0.15, -0.1) is 0 Å². The van der Waals surface area contributed by atoms with Crippen LogP contribution in [0.15, 0.2) is 60.7 Å². The Bertz CT molecular complexity index is 764. The van der Waals surface area contributed by atoms with E-state index in [1.54, 1.807) is 0 Å². The molecule has 28 heavy (non-hydrogen) atoms. The molecular weight excluding hydrogens is 352 g/mol. The molecule has 4 atom stereocenters. The highest BCUT2D eigenvalue weighted by atomic mass is 16.5. The van der Waals surface area contributed by atoms with Gasteiger partial charge in [0.2, 0.25) is 0 Å². The molecule has 2 aromatic carbocycles. The molecule has 4 rings (SSSR count). The van der Waals surface area contributed by atoms with E-state index in [1.165, 1.54) is 6.42 Å². The lowest BCUT2D eigenvalue weighted by Gasteiger charge is -2.49. The zero-order chi connectivity index (χ0) is 19.5. The third-order valence-electron chi connectivity index (χ3n) is 6.31. The van der Waals surface area contributed by atoms with Crippen molar-refractivity contribution in [2.75, 3.05) is 0 Å². The van der Waals surface area contributed by atoms with E-state index in [9.17, 15) is 14.7 Å². The molecule has 0 aromatic heterocycles. The van der Waals surface area contributed by atoms with E-state index < -0.39 is 17.8 Å². The van der Waals surface area contributed by atoms with Crippen LogP contribution in [0.25, 0.3) is 0 Å². The van der Waals surface area contributed by atoms with Gasteiger partial charge in [0, 0.05) is 11.8 Å². The summed E-state index contributed by atoms with van der Waals surface area (Å²) in [5.74, 6) is -2.92. The second-order valence-electron chi connectivity index (χ2n) is 7.96. The Balaban J connectivity index is 1.66. The van der Waals surface area contributed by atoms with Crippen LogP contribution in [0.5, 0.6) is 0 Å². The molecule has 146 valence electrons. The van der Waals surface area contributed by atoms with Crippen molar-refractivity contribution >= 4 is 11.9 Å². The highest BCUT2D eigenvalue weighted by Gasteiger charge is 2.59. The number of rotatable bonds is 5. The summed E-state index contributed by atoms with van der Waals surface area (Å²) in [5.41, 5.74) is 1.79. The lowest BCUT2D eigenvalue weighted by Crippen LogP contribution is -2.52. The smallest absolute Gasteiger partial charge is 0.310 e. The maximum atomic E-state index is 13.2. The van der Waals surface area contributed by atoms with Gasteiger partial charge in [0.25, 0.3) is 0 Å². The molecule has 0 saturated heterocycles. The average molecular weight is 378 g/mol. The lowest BCUT2D eigenvalue weighted by atomic mass is 9.52. The predicted molar refractivity (Wildman–Crippen MR) is 106 cm³/mol. The number of hydrogen-bond acceptors (Lipinski definition) is 3. The summed E-state index contributed by atoms with van der Waals surface area (Å²) in [6, 6.07) is 19.1. The van der Waals surface area contributed by atoms with E-state index in [4.69, 9.17) is 4.74 Å². The fraction of sp³-hybridized carbons (Fsp3) is 0.417. The van der Waals surface area contributed by atoms with Gasteiger partial charge in [0.15, 0.2) is 0 Å². The third kappa shape index (κ3) is 3.56. The minimum atomic E-state index is -0.857. The summed E-state index contributed by atoms with van der Waals surface area (Å²) in [6.07, 6.45) is 5.16. The molecule has 0 heterocycles. The molecule has 2 aliphatic carbocycles. The molecule has 0 bridgehead atoms. The van der Waals surface area contributed by atoms with Gasteiger partial charge in [-0.3, -0.25) is 9.59 Å². The Morgan fingerprint density at radius 3 is 1.71 bits per heavy atom. The first-order chi connectivity index (χ1) is 13.7. The number of ether oxygens (including phenoxy) is 1. The second kappa shape index (κ2) is 8.17. The van der Waals surface area contributed by atoms with Gasteiger partial charge in [0.1, 0.15) is 6.10 Å². The molecule has 0 spiro atoms. The van der Waals surface area contributed by atoms with Crippen molar-refractivity contribution in [3.8, 4) is 0 Å². The number of benzene rings is 2. The van der Waals surface area contributed by atoms with Crippen LogP contribution in [-0.2, 0) is 14.3 Å². The minimum absolute atomic E-state index is 0.0297. The predicted octanol–water partition coefficient (Wildman–Crippen LogP) is 4.76. The first-order valence-electron chi connectivity index (χ1n) is 10.2. The summed E-state index contributed by atoms with van der Waals surface area (Å²) in [6.45, 7) is 0. The standard InChI is InChI=1S/C24H26O4/c25-23(26)21-19(16-10-4-1-5-11-16)22(20(21)17-12-6-2-7-13-17)24(27)28-18-14-8-3-9-15-18/h1-2,4-7,10-13,18-22H,3,8-9,14-15H2,(H,25,26)/t19-,20+,21?,22?. The van der Waals surface area contributed by atoms with E-state index in [0.717, 1.165) is 36.8 Å². The first kappa shape index (κ1) is 18.7. The van der Waals surface area contributed by atoms with Crippen LogP contribution in [0.4, 0.5) is 0 Å². The molecule has 0 amide bonds. The number of aliphatic carboxylic acids is 1. The summed E-state index contributed by atoms with van der Waals surface area (Å²) in [7, 11) is 0. The molecule has 4 nitrogen and oxygen atoms in total. The molecule has 0 radical (unpaired) electrons. The van der Waals surface area contributed by atoms with E-state index in [1.807, 2.05) is 60.7 Å². The minimum Gasteiger partial charge on any atom is -0.481 e. The van der Waals surface area contributed by atoms with Gasteiger partial charge < -0.3 is 9.84 Å². The van der Waals surface area contributed by atoms with Gasteiger partial charge in [-0.2, -0.15) is 0 Å². The summed E-state index contributed by atoms with van der Waals surface area (Å²) in [5, 5.41) is 9.97. The molecular formula is C24H26O4. The van der Waals surface area contributed by atoms with Crippen LogP contribution >= 0.6 is 0 Å². The van der Waals surface area contributed by atoms with E-state index in [-0.39, 0.29) is 23.9 Å². The highest BCUT2D eigenvalue weighted by molar-refractivity contribution is 5.84. The summed E-state index contributed by atoms with van der Waals surface area (Å²) in [4.78, 5) is 25.4. The number of carbonyl (C=O) groups excluding carboxylic acids is 1. The topological polar surface area (TPSA) is 63.6 Å². The quantitative estimate of drug-likeness (QED) is 0.762. The Kier molecular flexibility index (Phi) is 5.47. The van der Waals surface area contributed by atoms with Gasteiger partial charge in [0.05, 0.1) is 11.8 Å². The van der Waals surface area contributed by atoms with Gasteiger partial charge in [-0.1, -0.05) is 67.1 Å². The van der Waals surface area contributed by atoms with E-state index >= 15 is 0 Å². The maximum absolute atomic E-state index is 13.2. The zero-order valence-corrected chi connectivity index (χ0v) is 15.9. The Hall–Kier alpha value is -2.62. The zero-order valence-electron chi connectivity index (χ0n) is 15.9. The summed E-state index contributed by atoms with van der Waals surface area (Å²) >= 11 is 0. The number of hydrogen-bond donors (Lipinski definition) is 1.